The lowest BCUT2D eigenvalue weighted by Crippen LogP contribution is -2.31. The number of hydrogen-bond donors (Lipinski definition) is 1. The quantitative estimate of drug-likeness (QED) is 0.947. The summed E-state index contributed by atoms with van der Waals surface area (Å²) in [6.07, 6.45) is 4.49. The van der Waals surface area contributed by atoms with Crippen molar-refractivity contribution >= 4 is 12.4 Å². The molecule has 2 aliphatic rings. The van der Waals surface area contributed by atoms with E-state index in [4.69, 9.17) is 9.51 Å². The molecule has 2 fully saturated rings. The fourth-order valence-corrected chi connectivity index (χ4v) is 3.81. The molecule has 0 radical (unpaired) electrons. The number of aromatic nitrogens is 2. The van der Waals surface area contributed by atoms with Crippen LogP contribution in [0.4, 0.5) is 0 Å². The smallest absolute Gasteiger partial charge is 0.234 e. The highest BCUT2D eigenvalue weighted by molar-refractivity contribution is 5.85. The fraction of sp³-hybridized carbons (Fsp3) is 0.500. The van der Waals surface area contributed by atoms with Gasteiger partial charge in [0.05, 0.1) is 5.41 Å². The van der Waals surface area contributed by atoms with Crippen molar-refractivity contribution in [1.29, 1.82) is 0 Å². The SMILES string of the molecule is Cl.c1ccc(Cc2noc(C34CCCC3CNC4)n2)cc1. The Bertz CT molecular complexity index is 589. The highest BCUT2D eigenvalue weighted by atomic mass is 35.5. The number of rotatable bonds is 3. The summed E-state index contributed by atoms with van der Waals surface area (Å²) >= 11 is 0. The number of nitrogens with one attached hydrogen (secondary N) is 1. The maximum atomic E-state index is 5.62. The lowest BCUT2D eigenvalue weighted by atomic mass is 9.80. The molecule has 1 saturated heterocycles. The summed E-state index contributed by atoms with van der Waals surface area (Å²) < 4.78 is 5.62. The van der Waals surface area contributed by atoms with E-state index in [1.54, 1.807) is 0 Å². The van der Waals surface area contributed by atoms with Crippen molar-refractivity contribution in [3.63, 3.8) is 0 Å². The van der Waals surface area contributed by atoms with Crippen LogP contribution in [0, 0.1) is 5.92 Å². The first-order chi connectivity index (χ1) is 9.87. The van der Waals surface area contributed by atoms with Gasteiger partial charge in [0.15, 0.2) is 5.82 Å². The molecule has 4 nitrogen and oxygen atoms in total. The summed E-state index contributed by atoms with van der Waals surface area (Å²) in [5.41, 5.74) is 1.34. The molecule has 112 valence electrons. The maximum Gasteiger partial charge on any atom is 0.234 e. The van der Waals surface area contributed by atoms with Gasteiger partial charge in [0, 0.05) is 13.0 Å². The molecular weight excluding hydrogens is 286 g/mol. The summed E-state index contributed by atoms with van der Waals surface area (Å²) in [7, 11) is 0. The number of nitrogens with zero attached hydrogens (tertiary/aromatic N) is 2. The second-order valence-corrected chi connectivity index (χ2v) is 6.05. The van der Waals surface area contributed by atoms with Gasteiger partial charge in [-0.25, -0.2) is 0 Å². The Morgan fingerprint density at radius 2 is 2.14 bits per heavy atom. The zero-order chi connectivity index (χ0) is 13.4. The van der Waals surface area contributed by atoms with Crippen LogP contribution in [-0.2, 0) is 11.8 Å². The predicted molar refractivity (Wildman–Crippen MR) is 82.7 cm³/mol. The second-order valence-electron chi connectivity index (χ2n) is 6.05. The van der Waals surface area contributed by atoms with Crippen molar-refractivity contribution in [3.05, 3.63) is 47.6 Å². The highest BCUT2D eigenvalue weighted by Crippen LogP contribution is 2.47. The number of fused-ring (bicyclic) bond motifs is 1. The molecule has 21 heavy (non-hydrogen) atoms. The van der Waals surface area contributed by atoms with Crippen LogP contribution < -0.4 is 5.32 Å². The van der Waals surface area contributed by atoms with Crippen molar-refractivity contribution in [2.24, 2.45) is 5.92 Å². The molecule has 0 spiro atoms. The second kappa shape index (κ2) is 5.78. The average Bonchev–Trinajstić information content (AvgIpc) is 3.13. The minimum absolute atomic E-state index is 0. The van der Waals surface area contributed by atoms with Gasteiger partial charge in [-0.05, 0) is 30.9 Å². The molecule has 4 rings (SSSR count). The van der Waals surface area contributed by atoms with Crippen LogP contribution in [0.15, 0.2) is 34.9 Å². The van der Waals surface area contributed by atoms with Gasteiger partial charge in [0.25, 0.3) is 0 Å². The van der Waals surface area contributed by atoms with Crippen LogP contribution in [0.5, 0.6) is 0 Å². The first-order valence-electron chi connectivity index (χ1n) is 7.44. The van der Waals surface area contributed by atoms with E-state index in [-0.39, 0.29) is 17.8 Å². The van der Waals surface area contributed by atoms with Gasteiger partial charge in [0.2, 0.25) is 5.89 Å². The monoisotopic (exact) mass is 305 g/mol. The van der Waals surface area contributed by atoms with E-state index in [0.717, 1.165) is 31.2 Å². The highest BCUT2D eigenvalue weighted by Gasteiger charge is 2.51. The van der Waals surface area contributed by atoms with Gasteiger partial charge in [-0.3, -0.25) is 0 Å². The van der Waals surface area contributed by atoms with E-state index in [1.807, 2.05) is 18.2 Å². The normalized spacial score (nSPS) is 27.3. The predicted octanol–water partition coefficient (Wildman–Crippen LogP) is 2.72. The van der Waals surface area contributed by atoms with Crippen LogP contribution in [0.1, 0.15) is 36.5 Å². The number of benzene rings is 1. The molecular formula is C16H20ClN3O. The lowest BCUT2D eigenvalue weighted by molar-refractivity contribution is 0.264. The number of hydrogen-bond acceptors (Lipinski definition) is 4. The van der Waals surface area contributed by atoms with E-state index in [1.165, 1.54) is 24.8 Å². The molecule has 1 aromatic heterocycles. The Morgan fingerprint density at radius 3 is 3.00 bits per heavy atom. The molecule has 5 heteroatoms. The van der Waals surface area contributed by atoms with Crippen molar-refractivity contribution < 1.29 is 4.52 Å². The van der Waals surface area contributed by atoms with Crippen LogP contribution >= 0.6 is 12.4 Å². The van der Waals surface area contributed by atoms with Crippen LogP contribution in [-0.4, -0.2) is 23.2 Å². The summed E-state index contributed by atoms with van der Waals surface area (Å²) in [4.78, 5) is 4.70. The van der Waals surface area contributed by atoms with Crippen LogP contribution in [0.25, 0.3) is 0 Å². The zero-order valence-electron chi connectivity index (χ0n) is 11.9. The number of halogens is 1. The third-order valence-corrected chi connectivity index (χ3v) is 4.89. The Hall–Kier alpha value is -1.39. The Kier molecular flexibility index (Phi) is 4.00. The molecule has 1 aromatic carbocycles. The first kappa shape index (κ1) is 14.5. The van der Waals surface area contributed by atoms with Gasteiger partial charge in [-0.15, -0.1) is 12.4 Å². The Labute approximate surface area is 130 Å². The summed E-state index contributed by atoms with van der Waals surface area (Å²) in [5, 5.41) is 7.69. The summed E-state index contributed by atoms with van der Waals surface area (Å²) in [6, 6.07) is 10.3. The maximum absolute atomic E-state index is 5.62. The van der Waals surface area contributed by atoms with Crippen LogP contribution in [0.3, 0.4) is 0 Å². The third kappa shape index (κ3) is 2.47. The van der Waals surface area contributed by atoms with Gasteiger partial charge >= 0.3 is 0 Å². The fourth-order valence-electron chi connectivity index (χ4n) is 3.81. The standard InChI is InChI=1S/C16H19N3O.ClH/c1-2-5-12(6-3-1)9-14-18-15(20-19-14)16-8-4-7-13(16)10-17-11-16;/h1-3,5-6,13,17H,4,7-11H2;1H. The van der Waals surface area contributed by atoms with E-state index >= 15 is 0 Å². The Balaban J connectivity index is 0.00000132. The summed E-state index contributed by atoms with van der Waals surface area (Å²) in [6.45, 7) is 2.08. The molecule has 2 atom stereocenters. The summed E-state index contributed by atoms with van der Waals surface area (Å²) in [5.74, 6) is 2.33. The molecule has 1 N–H and O–H groups in total. The van der Waals surface area contributed by atoms with Crippen molar-refractivity contribution in [2.75, 3.05) is 13.1 Å². The van der Waals surface area contributed by atoms with E-state index in [2.05, 4.69) is 22.6 Å². The largest absolute Gasteiger partial charge is 0.339 e. The molecule has 2 aromatic rings. The first-order valence-corrected chi connectivity index (χ1v) is 7.44. The minimum Gasteiger partial charge on any atom is -0.339 e. The average molecular weight is 306 g/mol. The van der Waals surface area contributed by atoms with Crippen LogP contribution in [0.2, 0.25) is 0 Å². The molecule has 2 unspecified atom stereocenters. The zero-order valence-corrected chi connectivity index (χ0v) is 12.7. The van der Waals surface area contributed by atoms with Gasteiger partial charge in [-0.2, -0.15) is 4.98 Å². The molecule has 0 bridgehead atoms. The molecule has 1 aliphatic heterocycles. The lowest BCUT2D eigenvalue weighted by Gasteiger charge is -2.22. The molecule has 1 aliphatic carbocycles. The van der Waals surface area contributed by atoms with Crippen molar-refractivity contribution in [3.8, 4) is 0 Å². The van der Waals surface area contributed by atoms with Gasteiger partial charge in [-0.1, -0.05) is 41.9 Å². The van der Waals surface area contributed by atoms with Gasteiger partial charge in [0.1, 0.15) is 0 Å². The topological polar surface area (TPSA) is 51.0 Å². The van der Waals surface area contributed by atoms with Crippen molar-refractivity contribution in [2.45, 2.75) is 31.1 Å². The van der Waals surface area contributed by atoms with E-state index in [0.29, 0.717) is 5.92 Å². The van der Waals surface area contributed by atoms with Crippen molar-refractivity contribution in [1.82, 2.24) is 15.5 Å². The van der Waals surface area contributed by atoms with E-state index in [9.17, 15) is 0 Å². The third-order valence-electron chi connectivity index (χ3n) is 4.89. The molecule has 1 saturated carbocycles. The minimum atomic E-state index is 0. The Morgan fingerprint density at radius 1 is 1.29 bits per heavy atom. The molecule has 0 amide bonds. The van der Waals surface area contributed by atoms with E-state index < -0.39 is 0 Å². The van der Waals surface area contributed by atoms with Gasteiger partial charge < -0.3 is 9.84 Å². The molecule has 2 heterocycles.